The molecule has 0 aliphatic heterocycles. The zero-order valence-electron chi connectivity index (χ0n) is 8.83. The summed E-state index contributed by atoms with van der Waals surface area (Å²) in [6.45, 7) is 0. The van der Waals surface area contributed by atoms with E-state index < -0.39 is 17.7 Å². The van der Waals surface area contributed by atoms with Gasteiger partial charge in [-0.2, -0.15) is 0 Å². The van der Waals surface area contributed by atoms with Crippen molar-refractivity contribution in [3.63, 3.8) is 0 Å². The first-order valence-corrected chi connectivity index (χ1v) is 5.83. The number of rotatable bonds is 2. The lowest BCUT2D eigenvalue weighted by Gasteiger charge is -2.13. The van der Waals surface area contributed by atoms with Crippen LogP contribution >= 0.6 is 15.9 Å². The molecule has 2 rings (SSSR count). The first kappa shape index (κ1) is 12.2. The van der Waals surface area contributed by atoms with E-state index in [4.69, 9.17) is 5.73 Å². The van der Waals surface area contributed by atoms with Gasteiger partial charge in [0, 0.05) is 10.0 Å². The molecule has 88 valence electrons. The van der Waals surface area contributed by atoms with Gasteiger partial charge < -0.3 is 5.73 Å². The SMILES string of the molecule is NC(c1ccc(Br)cc1)c1cc(F)ccc1F. The molecule has 1 nitrogen and oxygen atoms in total. The van der Waals surface area contributed by atoms with Crippen molar-refractivity contribution in [2.75, 3.05) is 0 Å². The molecule has 0 radical (unpaired) electrons. The van der Waals surface area contributed by atoms with Gasteiger partial charge in [0.15, 0.2) is 0 Å². The van der Waals surface area contributed by atoms with Crippen LogP contribution in [0.5, 0.6) is 0 Å². The second kappa shape index (κ2) is 4.94. The van der Waals surface area contributed by atoms with E-state index in [0.29, 0.717) is 0 Å². The minimum absolute atomic E-state index is 0.160. The van der Waals surface area contributed by atoms with E-state index >= 15 is 0 Å². The number of hydrogen-bond donors (Lipinski definition) is 1. The van der Waals surface area contributed by atoms with Gasteiger partial charge in [0.05, 0.1) is 6.04 Å². The monoisotopic (exact) mass is 297 g/mol. The third-order valence-corrected chi connectivity index (χ3v) is 3.05. The largest absolute Gasteiger partial charge is 0.320 e. The Morgan fingerprint density at radius 1 is 1.00 bits per heavy atom. The number of benzene rings is 2. The highest BCUT2D eigenvalue weighted by atomic mass is 79.9. The Labute approximate surface area is 106 Å². The predicted octanol–water partition coefficient (Wildman–Crippen LogP) is 3.78. The van der Waals surface area contributed by atoms with Crippen LogP contribution in [0.4, 0.5) is 8.78 Å². The van der Waals surface area contributed by atoms with Crippen molar-refractivity contribution >= 4 is 15.9 Å². The standard InChI is InChI=1S/C13H10BrF2N/c14-9-3-1-8(2-4-9)13(17)11-7-10(15)5-6-12(11)16/h1-7,13H,17H2. The van der Waals surface area contributed by atoms with Crippen LogP contribution in [0.25, 0.3) is 0 Å². The minimum atomic E-state index is -0.668. The summed E-state index contributed by atoms with van der Waals surface area (Å²) >= 11 is 3.30. The molecule has 17 heavy (non-hydrogen) atoms. The van der Waals surface area contributed by atoms with E-state index in [1.165, 1.54) is 0 Å². The maximum absolute atomic E-state index is 13.5. The molecule has 0 saturated carbocycles. The molecule has 0 heterocycles. The van der Waals surface area contributed by atoms with E-state index in [-0.39, 0.29) is 5.56 Å². The molecule has 0 amide bonds. The normalized spacial score (nSPS) is 12.5. The highest BCUT2D eigenvalue weighted by Gasteiger charge is 2.14. The van der Waals surface area contributed by atoms with Crippen molar-refractivity contribution in [3.05, 3.63) is 69.7 Å². The quantitative estimate of drug-likeness (QED) is 0.897. The summed E-state index contributed by atoms with van der Waals surface area (Å²) in [7, 11) is 0. The van der Waals surface area contributed by atoms with Gasteiger partial charge in [0.2, 0.25) is 0 Å². The molecule has 2 N–H and O–H groups in total. The fourth-order valence-electron chi connectivity index (χ4n) is 1.60. The van der Waals surface area contributed by atoms with Gasteiger partial charge in [-0.15, -0.1) is 0 Å². The molecule has 1 atom stereocenters. The van der Waals surface area contributed by atoms with E-state index in [1.807, 2.05) is 12.1 Å². The molecular weight excluding hydrogens is 288 g/mol. The molecule has 4 heteroatoms. The number of halogens is 3. The van der Waals surface area contributed by atoms with Crippen molar-refractivity contribution in [2.24, 2.45) is 5.73 Å². The van der Waals surface area contributed by atoms with Gasteiger partial charge in [0.1, 0.15) is 11.6 Å². The van der Waals surface area contributed by atoms with Crippen molar-refractivity contribution in [1.29, 1.82) is 0 Å². The highest BCUT2D eigenvalue weighted by Crippen LogP contribution is 2.24. The summed E-state index contributed by atoms with van der Waals surface area (Å²) in [5, 5.41) is 0. The fourth-order valence-corrected chi connectivity index (χ4v) is 1.87. The van der Waals surface area contributed by atoms with Crippen molar-refractivity contribution in [3.8, 4) is 0 Å². The van der Waals surface area contributed by atoms with Crippen LogP contribution in [0.3, 0.4) is 0 Å². The molecule has 1 unspecified atom stereocenters. The van der Waals surface area contributed by atoms with Gasteiger partial charge in [0.25, 0.3) is 0 Å². The Morgan fingerprint density at radius 3 is 2.29 bits per heavy atom. The van der Waals surface area contributed by atoms with E-state index in [2.05, 4.69) is 15.9 Å². The van der Waals surface area contributed by atoms with Crippen LogP contribution in [0, 0.1) is 11.6 Å². The molecule has 0 spiro atoms. The first-order valence-electron chi connectivity index (χ1n) is 5.04. The predicted molar refractivity (Wildman–Crippen MR) is 66.5 cm³/mol. The Kier molecular flexibility index (Phi) is 3.54. The molecular formula is C13H10BrF2N. The van der Waals surface area contributed by atoms with E-state index in [0.717, 1.165) is 28.2 Å². The van der Waals surface area contributed by atoms with E-state index in [1.54, 1.807) is 12.1 Å². The van der Waals surface area contributed by atoms with Gasteiger partial charge in [-0.05, 0) is 35.9 Å². The Bertz CT molecular complexity index is 525. The molecule has 0 fully saturated rings. The second-order valence-corrected chi connectivity index (χ2v) is 4.61. The van der Waals surface area contributed by atoms with Crippen molar-refractivity contribution < 1.29 is 8.78 Å². The lowest BCUT2D eigenvalue weighted by Crippen LogP contribution is -2.13. The lowest BCUT2D eigenvalue weighted by atomic mass is 9.99. The smallest absolute Gasteiger partial charge is 0.128 e. The number of nitrogens with two attached hydrogens (primary N) is 1. The summed E-state index contributed by atoms with van der Waals surface area (Å²) in [5.41, 5.74) is 6.81. The molecule has 0 aromatic heterocycles. The van der Waals surface area contributed by atoms with Gasteiger partial charge in [-0.25, -0.2) is 8.78 Å². The molecule has 0 saturated heterocycles. The molecule has 2 aromatic carbocycles. The van der Waals surface area contributed by atoms with Gasteiger partial charge >= 0.3 is 0 Å². The average molecular weight is 298 g/mol. The third-order valence-electron chi connectivity index (χ3n) is 2.52. The zero-order chi connectivity index (χ0) is 12.4. The molecule has 0 aliphatic carbocycles. The van der Waals surface area contributed by atoms with Crippen LogP contribution in [0.2, 0.25) is 0 Å². The maximum atomic E-state index is 13.5. The Morgan fingerprint density at radius 2 is 1.65 bits per heavy atom. The summed E-state index contributed by atoms with van der Waals surface area (Å²) in [6, 6.07) is 9.80. The van der Waals surface area contributed by atoms with Crippen LogP contribution in [-0.4, -0.2) is 0 Å². The minimum Gasteiger partial charge on any atom is -0.320 e. The molecule has 0 bridgehead atoms. The first-order chi connectivity index (χ1) is 8.08. The van der Waals surface area contributed by atoms with Crippen LogP contribution in [-0.2, 0) is 0 Å². The lowest BCUT2D eigenvalue weighted by molar-refractivity contribution is 0.576. The highest BCUT2D eigenvalue weighted by molar-refractivity contribution is 9.10. The van der Waals surface area contributed by atoms with Crippen LogP contribution in [0.15, 0.2) is 46.9 Å². The zero-order valence-corrected chi connectivity index (χ0v) is 10.4. The topological polar surface area (TPSA) is 26.0 Å². The molecule has 2 aromatic rings. The van der Waals surface area contributed by atoms with Crippen LogP contribution < -0.4 is 5.73 Å². The van der Waals surface area contributed by atoms with Crippen LogP contribution in [0.1, 0.15) is 17.2 Å². The van der Waals surface area contributed by atoms with E-state index in [9.17, 15) is 8.78 Å². The summed E-state index contributed by atoms with van der Waals surface area (Å²) < 4.78 is 27.5. The number of hydrogen-bond acceptors (Lipinski definition) is 1. The average Bonchev–Trinajstić information content (AvgIpc) is 2.32. The van der Waals surface area contributed by atoms with Gasteiger partial charge in [-0.3, -0.25) is 0 Å². The summed E-state index contributed by atoms with van der Waals surface area (Å²) in [5.74, 6) is -0.990. The van der Waals surface area contributed by atoms with Crippen molar-refractivity contribution in [1.82, 2.24) is 0 Å². The second-order valence-electron chi connectivity index (χ2n) is 3.70. The Hall–Kier alpha value is -1.26. The summed E-state index contributed by atoms with van der Waals surface area (Å²) in [4.78, 5) is 0. The maximum Gasteiger partial charge on any atom is 0.128 e. The van der Waals surface area contributed by atoms with Crippen molar-refractivity contribution in [2.45, 2.75) is 6.04 Å². The Balaban J connectivity index is 2.39. The molecule has 0 aliphatic rings. The fraction of sp³-hybridized carbons (Fsp3) is 0.0769. The van der Waals surface area contributed by atoms with Gasteiger partial charge in [-0.1, -0.05) is 28.1 Å². The third kappa shape index (κ3) is 2.70. The summed E-state index contributed by atoms with van der Waals surface area (Å²) in [6.07, 6.45) is 0.